The third kappa shape index (κ3) is 3.09. The summed E-state index contributed by atoms with van der Waals surface area (Å²) in [6.07, 6.45) is 2.19. The SMILES string of the molecule is Fc1ccc(CNCC2CC(Cl)C2)cc1Cl. The van der Waals surface area contributed by atoms with Crippen LogP contribution in [0, 0.1) is 11.7 Å². The van der Waals surface area contributed by atoms with Crippen molar-refractivity contribution in [3.05, 3.63) is 34.6 Å². The van der Waals surface area contributed by atoms with Gasteiger partial charge in [-0.15, -0.1) is 11.6 Å². The lowest BCUT2D eigenvalue weighted by atomic mass is 9.85. The van der Waals surface area contributed by atoms with Crippen molar-refractivity contribution >= 4 is 23.2 Å². The molecule has 16 heavy (non-hydrogen) atoms. The maximum absolute atomic E-state index is 12.9. The lowest BCUT2D eigenvalue weighted by Gasteiger charge is -2.31. The van der Waals surface area contributed by atoms with E-state index in [1.807, 2.05) is 0 Å². The Balaban J connectivity index is 1.74. The van der Waals surface area contributed by atoms with Crippen LogP contribution >= 0.6 is 23.2 Å². The minimum Gasteiger partial charge on any atom is -0.312 e. The van der Waals surface area contributed by atoms with Crippen LogP contribution in [0.2, 0.25) is 5.02 Å². The van der Waals surface area contributed by atoms with E-state index < -0.39 is 0 Å². The van der Waals surface area contributed by atoms with Crippen molar-refractivity contribution in [2.75, 3.05) is 6.54 Å². The normalized spacial score (nSPS) is 24.2. The molecule has 0 saturated heterocycles. The van der Waals surface area contributed by atoms with Crippen molar-refractivity contribution in [1.29, 1.82) is 0 Å². The fraction of sp³-hybridized carbons (Fsp3) is 0.500. The minimum atomic E-state index is -0.366. The molecular formula is C12H14Cl2FN. The summed E-state index contributed by atoms with van der Waals surface area (Å²) >= 11 is 11.6. The van der Waals surface area contributed by atoms with Gasteiger partial charge in [-0.3, -0.25) is 0 Å². The number of rotatable bonds is 4. The van der Waals surface area contributed by atoms with Crippen molar-refractivity contribution in [2.24, 2.45) is 5.92 Å². The molecule has 1 nitrogen and oxygen atoms in total. The van der Waals surface area contributed by atoms with E-state index in [1.165, 1.54) is 6.07 Å². The highest BCUT2D eigenvalue weighted by molar-refractivity contribution is 6.30. The Hall–Kier alpha value is -0.310. The number of hydrogen-bond donors (Lipinski definition) is 1. The first kappa shape index (κ1) is 12.2. The van der Waals surface area contributed by atoms with Gasteiger partial charge in [0.15, 0.2) is 0 Å². The standard InChI is InChI=1S/C12H14Cl2FN/c13-10-3-9(4-10)7-16-6-8-1-2-12(15)11(14)5-8/h1-2,5,9-10,16H,3-4,6-7H2. The van der Waals surface area contributed by atoms with Crippen LogP contribution in [0.5, 0.6) is 0 Å². The van der Waals surface area contributed by atoms with Gasteiger partial charge in [0.2, 0.25) is 0 Å². The molecule has 1 aromatic rings. The van der Waals surface area contributed by atoms with Gasteiger partial charge < -0.3 is 5.32 Å². The molecule has 1 aliphatic rings. The first-order valence-electron chi connectivity index (χ1n) is 5.44. The van der Waals surface area contributed by atoms with E-state index in [4.69, 9.17) is 23.2 Å². The summed E-state index contributed by atoms with van der Waals surface area (Å²) in [7, 11) is 0. The quantitative estimate of drug-likeness (QED) is 0.818. The monoisotopic (exact) mass is 261 g/mol. The zero-order valence-electron chi connectivity index (χ0n) is 8.85. The number of halogens is 3. The number of alkyl halides is 1. The van der Waals surface area contributed by atoms with Gasteiger partial charge in [-0.05, 0) is 43.0 Å². The zero-order chi connectivity index (χ0) is 11.5. The van der Waals surface area contributed by atoms with Gasteiger partial charge in [0.25, 0.3) is 0 Å². The molecule has 1 saturated carbocycles. The molecule has 0 unspecified atom stereocenters. The first-order chi connectivity index (χ1) is 7.65. The summed E-state index contributed by atoms with van der Waals surface area (Å²) in [5.74, 6) is 0.327. The van der Waals surface area contributed by atoms with Crippen LogP contribution in [0.25, 0.3) is 0 Å². The van der Waals surface area contributed by atoms with Gasteiger partial charge in [0.05, 0.1) is 5.02 Å². The van der Waals surface area contributed by atoms with E-state index >= 15 is 0 Å². The maximum Gasteiger partial charge on any atom is 0.141 e. The molecule has 0 bridgehead atoms. The summed E-state index contributed by atoms with van der Waals surface area (Å²) in [5, 5.41) is 3.88. The molecule has 1 N–H and O–H groups in total. The Morgan fingerprint density at radius 1 is 1.38 bits per heavy atom. The van der Waals surface area contributed by atoms with Crippen molar-refractivity contribution in [1.82, 2.24) is 5.32 Å². The van der Waals surface area contributed by atoms with Crippen LogP contribution in [-0.4, -0.2) is 11.9 Å². The van der Waals surface area contributed by atoms with Gasteiger partial charge in [0.1, 0.15) is 5.82 Å². The Bertz CT molecular complexity index is 364. The van der Waals surface area contributed by atoms with Gasteiger partial charge in [0, 0.05) is 11.9 Å². The fourth-order valence-electron chi connectivity index (χ4n) is 1.89. The van der Waals surface area contributed by atoms with Crippen molar-refractivity contribution in [3.63, 3.8) is 0 Å². The zero-order valence-corrected chi connectivity index (χ0v) is 10.4. The molecule has 0 atom stereocenters. The van der Waals surface area contributed by atoms with E-state index in [9.17, 15) is 4.39 Å². The molecule has 0 radical (unpaired) electrons. The third-order valence-electron chi connectivity index (χ3n) is 2.92. The summed E-state index contributed by atoms with van der Waals surface area (Å²) in [5.41, 5.74) is 1.01. The molecule has 88 valence electrons. The molecular weight excluding hydrogens is 248 g/mol. The van der Waals surface area contributed by atoms with E-state index in [1.54, 1.807) is 12.1 Å². The molecule has 2 rings (SSSR count). The molecule has 0 spiro atoms. The predicted octanol–water partition coefficient (Wildman–Crippen LogP) is 3.59. The molecule has 4 heteroatoms. The van der Waals surface area contributed by atoms with Crippen LogP contribution < -0.4 is 5.32 Å². The summed E-state index contributed by atoms with van der Waals surface area (Å²) in [6.45, 7) is 1.70. The average Bonchev–Trinajstić information content (AvgIpc) is 2.21. The molecule has 0 aliphatic heterocycles. The molecule has 0 aromatic heterocycles. The number of hydrogen-bond acceptors (Lipinski definition) is 1. The van der Waals surface area contributed by atoms with E-state index in [2.05, 4.69) is 5.32 Å². The second-order valence-electron chi connectivity index (χ2n) is 4.31. The third-order valence-corrected chi connectivity index (χ3v) is 3.57. The maximum atomic E-state index is 12.9. The molecule has 0 amide bonds. The predicted molar refractivity (Wildman–Crippen MR) is 65.5 cm³/mol. The number of benzene rings is 1. The lowest BCUT2D eigenvalue weighted by molar-refractivity contribution is 0.308. The van der Waals surface area contributed by atoms with Gasteiger partial charge in [-0.2, -0.15) is 0 Å². The Kier molecular flexibility index (Phi) is 4.06. The van der Waals surface area contributed by atoms with Gasteiger partial charge in [-0.1, -0.05) is 17.7 Å². The second-order valence-corrected chi connectivity index (χ2v) is 5.34. The summed E-state index contributed by atoms with van der Waals surface area (Å²) < 4.78 is 12.9. The highest BCUT2D eigenvalue weighted by Gasteiger charge is 2.26. The Morgan fingerprint density at radius 3 is 2.75 bits per heavy atom. The van der Waals surface area contributed by atoms with Gasteiger partial charge >= 0.3 is 0 Å². The lowest BCUT2D eigenvalue weighted by Crippen LogP contribution is -2.33. The van der Waals surface area contributed by atoms with E-state index in [0.29, 0.717) is 11.3 Å². The average molecular weight is 262 g/mol. The van der Waals surface area contributed by atoms with Crippen LogP contribution in [0.3, 0.4) is 0 Å². The fourth-order valence-corrected chi connectivity index (χ4v) is 2.60. The molecule has 1 fully saturated rings. The van der Waals surface area contributed by atoms with Gasteiger partial charge in [-0.25, -0.2) is 4.39 Å². The summed E-state index contributed by atoms with van der Waals surface area (Å²) in [4.78, 5) is 0. The Labute approximate surface area is 105 Å². The van der Waals surface area contributed by atoms with Crippen molar-refractivity contribution in [3.8, 4) is 0 Å². The first-order valence-corrected chi connectivity index (χ1v) is 6.25. The van der Waals surface area contributed by atoms with E-state index in [-0.39, 0.29) is 10.8 Å². The largest absolute Gasteiger partial charge is 0.312 e. The van der Waals surface area contributed by atoms with E-state index in [0.717, 1.165) is 31.5 Å². The number of nitrogens with one attached hydrogen (secondary N) is 1. The summed E-state index contributed by atoms with van der Waals surface area (Å²) in [6, 6.07) is 4.81. The topological polar surface area (TPSA) is 12.0 Å². The molecule has 1 aromatic carbocycles. The van der Waals surface area contributed by atoms with Crippen molar-refractivity contribution < 1.29 is 4.39 Å². The van der Waals surface area contributed by atoms with Crippen LogP contribution in [0.15, 0.2) is 18.2 Å². The van der Waals surface area contributed by atoms with Crippen molar-refractivity contribution in [2.45, 2.75) is 24.8 Å². The van der Waals surface area contributed by atoms with Crippen LogP contribution in [-0.2, 0) is 6.54 Å². The molecule has 0 heterocycles. The highest BCUT2D eigenvalue weighted by Crippen LogP contribution is 2.31. The second kappa shape index (κ2) is 5.35. The highest BCUT2D eigenvalue weighted by atomic mass is 35.5. The van der Waals surface area contributed by atoms with Crippen LogP contribution in [0.1, 0.15) is 18.4 Å². The Morgan fingerprint density at radius 2 is 2.12 bits per heavy atom. The molecule has 1 aliphatic carbocycles. The smallest absolute Gasteiger partial charge is 0.141 e. The van der Waals surface area contributed by atoms with Crippen LogP contribution in [0.4, 0.5) is 4.39 Å². The minimum absolute atomic E-state index is 0.184.